The average molecular weight is 170 g/mol. The average Bonchev–Trinajstić information content (AvgIpc) is 2.03. The maximum Gasteiger partial charge on any atom is 0.00197 e. The van der Waals surface area contributed by atoms with Gasteiger partial charge in [-0.1, -0.05) is 25.0 Å². The number of thiol groups is 1. The second-order valence-electron chi connectivity index (χ2n) is 3.34. The van der Waals surface area contributed by atoms with Gasteiger partial charge in [-0.15, -0.1) is 0 Å². The lowest BCUT2D eigenvalue weighted by Crippen LogP contribution is -1.98. The zero-order valence-corrected chi connectivity index (χ0v) is 8.02. The Labute approximate surface area is 75.5 Å². The first-order chi connectivity index (χ1) is 5.39. The first kappa shape index (κ1) is 9.18. The van der Waals surface area contributed by atoms with E-state index in [9.17, 15) is 0 Å². The maximum absolute atomic E-state index is 4.53. The van der Waals surface area contributed by atoms with Crippen LogP contribution >= 0.6 is 12.6 Å². The van der Waals surface area contributed by atoms with Crippen molar-refractivity contribution in [1.82, 2.24) is 0 Å². The van der Waals surface area contributed by atoms with E-state index in [0.29, 0.717) is 5.25 Å². The van der Waals surface area contributed by atoms with Gasteiger partial charge in [-0.05, 0) is 32.1 Å². The van der Waals surface area contributed by atoms with Gasteiger partial charge in [0.25, 0.3) is 0 Å². The molecule has 0 N–H and O–H groups in total. The van der Waals surface area contributed by atoms with Crippen molar-refractivity contribution in [3.8, 4) is 0 Å². The molecule has 1 atom stereocenters. The van der Waals surface area contributed by atoms with Crippen LogP contribution in [0.15, 0.2) is 12.2 Å². The lowest BCUT2D eigenvalue weighted by Gasteiger charge is -2.09. The van der Waals surface area contributed by atoms with Gasteiger partial charge in [0.2, 0.25) is 0 Å². The van der Waals surface area contributed by atoms with Crippen molar-refractivity contribution in [2.24, 2.45) is 0 Å². The van der Waals surface area contributed by atoms with Crippen LogP contribution in [0.1, 0.15) is 44.9 Å². The van der Waals surface area contributed by atoms with Crippen molar-refractivity contribution in [1.29, 1.82) is 0 Å². The lowest BCUT2D eigenvalue weighted by atomic mass is 10.0. The number of rotatable bonds is 0. The third kappa shape index (κ3) is 4.52. The molecule has 0 spiro atoms. The van der Waals surface area contributed by atoms with Crippen LogP contribution in [0.3, 0.4) is 0 Å². The van der Waals surface area contributed by atoms with Crippen molar-refractivity contribution in [3.05, 3.63) is 12.2 Å². The summed E-state index contributed by atoms with van der Waals surface area (Å²) in [4.78, 5) is 0. The predicted molar refractivity (Wildman–Crippen MR) is 54.2 cm³/mol. The summed E-state index contributed by atoms with van der Waals surface area (Å²) in [6.07, 6.45) is 13.9. The Kier molecular flexibility index (Phi) is 4.76. The molecule has 0 heterocycles. The van der Waals surface area contributed by atoms with Crippen molar-refractivity contribution >= 4 is 12.6 Å². The molecular formula is C10H18S. The summed E-state index contributed by atoms with van der Waals surface area (Å²) in [5.41, 5.74) is 0. The summed E-state index contributed by atoms with van der Waals surface area (Å²) >= 11 is 4.53. The number of hydrogen-bond acceptors (Lipinski definition) is 1. The van der Waals surface area contributed by atoms with Crippen LogP contribution in [-0.4, -0.2) is 5.25 Å². The van der Waals surface area contributed by atoms with Gasteiger partial charge in [-0.25, -0.2) is 0 Å². The third-order valence-corrected chi connectivity index (χ3v) is 2.76. The molecule has 1 heteroatoms. The Morgan fingerprint density at radius 2 is 1.73 bits per heavy atom. The maximum atomic E-state index is 4.53. The summed E-state index contributed by atoms with van der Waals surface area (Å²) in [5.74, 6) is 0. The fraction of sp³-hybridized carbons (Fsp3) is 0.800. The second-order valence-corrected chi connectivity index (χ2v) is 4.07. The van der Waals surface area contributed by atoms with Gasteiger partial charge in [0.15, 0.2) is 0 Å². The molecule has 1 aliphatic rings. The molecule has 0 fully saturated rings. The summed E-state index contributed by atoms with van der Waals surface area (Å²) < 4.78 is 0. The monoisotopic (exact) mass is 170 g/mol. The fourth-order valence-corrected chi connectivity index (χ4v) is 1.82. The summed E-state index contributed by atoms with van der Waals surface area (Å²) in [7, 11) is 0. The van der Waals surface area contributed by atoms with Crippen LogP contribution in [0.5, 0.6) is 0 Å². The fourth-order valence-electron chi connectivity index (χ4n) is 1.49. The van der Waals surface area contributed by atoms with Crippen molar-refractivity contribution < 1.29 is 0 Å². The van der Waals surface area contributed by atoms with Gasteiger partial charge >= 0.3 is 0 Å². The quantitative estimate of drug-likeness (QED) is 0.417. The Morgan fingerprint density at radius 1 is 0.909 bits per heavy atom. The van der Waals surface area contributed by atoms with Crippen molar-refractivity contribution in [3.63, 3.8) is 0 Å². The zero-order chi connectivity index (χ0) is 7.94. The molecule has 64 valence electrons. The molecular weight excluding hydrogens is 152 g/mol. The third-order valence-electron chi connectivity index (χ3n) is 2.24. The molecule has 0 nitrogen and oxygen atoms in total. The van der Waals surface area contributed by atoms with E-state index in [1.54, 1.807) is 0 Å². The van der Waals surface area contributed by atoms with E-state index >= 15 is 0 Å². The highest BCUT2D eigenvalue weighted by atomic mass is 32.1. The molecule has 0 aromatic heterocycles. The van der Waals surface area contributed by atoms with Crippen LogP contribution in [0.2, 0.25) is 0 Å². The zero-order valence-electron chi connectivity index (χ0n) is 7.13. The van der Waals surface area contributed by atoms with Crippen LogP contribution in [0, 0.1) is 0 Å². The minimum absolute atomic E-state index is 0.651. The normalized spacial score (nSPS) is 28.3. The molecule has 0 aliphatic heterocycles. The Bertz CT molecular complexity index is 118. The van der Waals surface area contributed by atoms with Crippen LogP contribution in [-0.2, 0) is 0 Å². The van der Waals surface area contributed by atoms with Crippen molar-refractivity contribution in [2.45, 2.75) is 50.2 Å². The molecule has 0 aromatic rings. The van der Waals surface area contributed by atoms with Crippen LogP contribution < -0.4 is 0 Å². The van der Waals surface area contributed by atoms with E-state index in [2.05, 4.69) is 24.8 Å². The van der Waals surface area contributed by atoms with Crippen molar-refractivity contribution in [2.75, 3.05) is 0 Å². The smallest absolute Gasteiger partial charge is 0.00197 e. The predicted octanol–water partition coefficient (Wildman–Crippen LogP) is 3.59. The Balaban J connectivity index is 2.24. The Morgan fingerprint density at radius 3 is 2.64 bits per heavy atom. The molecule has 1 rings (SSSR count). The van der Waals surface area contributed by atoms with E-state index in [1.807, 2.05) is 0 Å². The van der Waals surface area contributed by atoms with E-state index in [-0.39, 0.29) is 0 Å². The van der Waals surface area contributed by atoms with Crippen LogP contribution in [0.25, 0.3) is 0 Å². The molecule has 1 unspecified atom stereocenters. The lowest BCUT2D eigenvalue weighted by molar-refractivity contribution is 0.604. The highest BCUT2D eigenvalue weighted by Crippen LogP contribution is 2.16. The largest absolute Gasteiger partial charge is 0.176 e. The minimum Gasteiger partial charge on any atom is -0.176 e. The number of hydrogen-bond donors (Lipinski definition) is 1. The van der Waals surface area contributed by atoms with Gasteiger partial charge in [0, 0.05) is 5.25 Å². The summed E-state index contributed by atoms with van der Waals surface area (Å²) in [6.45, 7) is 0. The molecule has 0 amide bonds. The SMILES string of the molecule is SC1CCC=CCCCCC1. The van der Waals surface area contributed by atoms with E-state index < -0.39 is 0 Å². The Hall–Kier alpha value is 0.0900. The van der Waals surface area contributed by atoms with Gasteiger partial charge in [-0.3, -0.25) is 0 Å². The van der Waals surface area contributed by atoms with Gasteiger partial charge in [0.1, 0.15) is 0 Å². The highest BCUT2D eigenvalue weighted by molar-refractivity contribution is 7.80. The first-order valence-corrected chi connectivity index (χ1v) is 5.24. The van der Waals surface area contributed by atoms with E-state index in [4.69, 9.17) is 0 Å². The minimum atomic E-state index is 0.651. The first-order valence-electron chi connectivity index (χ1n) is 4.72. The molecule has 0 bridgehead atoms. The van der Waals surface area contributed by atoms with Crippen LogP contribution in [0.4, 0.5) is 0 Å². The molecule has 0 saturated heterocycles. The van der Waals surface area contributed by atoms with Gasteiger partial charge in [0.05, 0.1) is 0 Å². The van der Waals surface area contributed by atoms with Gasteiger partial charge in [-0.2, -0.15) is 12.6 Å². The summed E-state index contributed by atoms with van der Waals surface area (Å²) in [5, 5.41) is 0.651. The standard InChI is InChI=1S/C10H18S/c11-10-8-6-4-2-1-3-5-7-9-10/h2,4,10-11H,1,3,5-9H2. The number of allylic oxidation sites excluding steroid dienone is 2. The highest BCUT2D eigenvalue weighted by Gasteiger charge is 2.01. The summed E-state index contributed by atoms with van der Waals surface area (Å²) in [6, 6.07) is 0. The molecule has 11 heavy (non-hydrogen) atoms. The molecule has 0 radical (unpaired) electrons. The molecule has 0 saturated carbocycles. The van der Waals surface area contributed by atoms with Gasteiger partial charge < -0.3 is 0 Å². The van der Waals surface area contributed by atoms with E-state index in [1.165, 1.54) is 44.9 Å². The molecule has 0 aromatic carbocycles. The topological polar surface area (TPSA) is 0 Å². The van der Waals surface area contributed by atoms with E-state index in [0.717, 1.165) is 0 Å². The second kappa shape index (κ2) is 5.70. The molecule has 1 aliphatic carbocycles.